The normalized spacial score (nSPS) is 13.6. The highest BCUT2D eigenvalue weighted by Gasteiger charge is 2.14. The van der Waals surface area contributed by atoms with Crippen molar-refractivity contribution in [1.82, 2.24) is 0 Å². The van der Waals surface area contributed by atoms with E-state index < -0.39 is 6.10 Å². The van der Waals surface area contributed by atoms with Crippen LogP contribution in [0.5, 0.6) is 11.5 Å². The highest BCUT2D eigenvalue weighted by atomic mass is 127. The number of aliphatic hydroxyl groups is 2. The molecule has 4 nitrogen and oxygen atoms in total. The van der Waals surface area contributed by atoms with E-state index in [9.17, 15) is 15.3 Å². The molecule has 150 valence electrons. The number of aromatic hydroxyl groups is 1. The number of hydrogen-bond acceptors (Lipinski definition) is 4. The second-order valence-electron chi connectivity index (χ2n) is 6.46. The fourth-order valence-electron chi connectivity index (χ4n) is 2.95. The maximum atomic E-state index is 10.6. The van der Waals surface area contributed by atoms with Gasteiger partial charge in [0, 0.05) is 0 Å². The molecule has 1 atom stereocenters. The largest absolute Gasteiger partial charge is 0.504 e. The number of allylic oxidation sites excluding steroid dienone is 1. The smallest absolute Gasteiger partial charge is 0.171 e. The van der Waals surface area contributed by atoms with Crippen molar-refractivity contribution in [3.63, 3.8) is 0 Å². The van der Waals surface area contributed by atoms with Crippen LogP contribution in [0.2, 0.25) is 0 Å². The zero-order chi connectivity index (χ0) is 20.4. The van der Waals surface area contributed by atoms with Crippen LogP contribution in [-0.4, -0.2) is 35.1 Å². The van der Waals surface area contributed by atoms with Crippen LogP contribution in [0.4, 0.5) is 0 Å². The molecule has 0 aliphatic heterocycles. The second kappa shape index (κ2) is 12.2. The summed E-state index contributed by atoms with van der Waals surface area (Å²) in [6.07, 6.45) is 7.11. The summed E-state index contributed by atoms with van der Waals surface area (Å²) in [5.41, 5.74) is 3.79. The van der Waals surface area contributed by atoms with Gasteiger partial charge in [-0.05, 0) is 77.1 Å². The van der Waals surface area contributed by atoms with E-state index in [-0.39, 0.29) is 12.4 Å². The minimum Gasteiger partial charge on any atom is -0.504 e. The third-order valence-electron chi connectivity index (χ3n) is 4.46. The molecule has 0 saturated heterocycles. The molecule has 5 heteroatoms. The third kappa shape index (κ3) is 7.31. The summed E-state index contributed by atoms with van der Waals surface area (Å²) < 4.78 is 5.98. The van der Waals surface area contributed by atoms with Gasteiger partial charge in [0.25, 0.3) is 0 Å². The van der Waals surface area contributed by atoms with Crippen LogP contribution in [0.1, 0.15) is 51.5 Å². The van der Waals surface area contributed by atoms with Crippen molar-refractivity contribution in [3.05, 3.63) is 50.6 Å². The maximum Gasteiger partial charge on any atom is 0.171 e. The highest BCUT2D eigenvalue weighted by Crippen LogP contribution is 2.33. The van der Waals surface area contributed by atoms with Crippen molar-refractivity contribution in [2.24, 2.45) is 0 Å². The van der Waals surface area contributed by atoms with Gasteiger partial charge in [0.15, 0.2) is 11.5 Å². The van der Waals surface area contributed by atoms with Gasteiger partial charge in [-0.15, -0.1) is 0 Å². The highest BCUT2D eigenvalue weighted by molar-refractivity contribution is 14.1. The lowest BCUT2D eigenvalue weighted by Crippen LogP contribution is -2.13. The molecule has 0 radical (unpaired) electrons. The van der Waals surface area contributed by atoms with Crippen molar-refractivity contribution in [2.45, 2.75) is 52.1 Å². The molecule has 0 fully saturated rings. The third-order valence-corrected chi connectivity index (χ3v) is 5.28. The number of benzene rings is 1. The minimum atomic E-state index is -0.639. The summed E-state index contributed by atoms with van der Waals surface area (Å²) >= 11 is 2.09. The van der Waals surface area contributed by atoms with Gasteiger partial charge in [-0.1, -0.05) is 44.6 Å². The molecule has 1 aromatic rings. The fraction of sp³-hybridized carbons (Fsp3) is 0.455. The summed E-state index contributed by atoms with van der Waals surface area (Å²) in [5, 5.41) is 29.8. The van der Waals surface area contributed by atoms with Gasteiger partial charge in [0.05, 0.1) is 23.4 Å². The van der Waals surface area contributed by atoms with E-state index in [4.69, 9.17) is 4.74 Å². The number of rotatable bonds is 11. The zero-order valence-electron chi connectivity index (χ0n) is 16.5. The van der Waals surface area contributed by atoms with Crippen molar-refractivity contribution < 1.29 is 20.1 Å². The summed E-state index contributed by atoms with van der Waals surface area (Å²) in [4.78, 5) is 0. The standard InChI is InChI=1S/C22H31IO4/c1-5-7-16(8-9-20(25)18(10-11-24)15(3)6-2)12-17-13-19(23)22(26)21(14-17)27-4/h10,12-14,20,24-26H,3,5-9,11H2,1-2,4H3/b16-12+,18-10-. The Labute approximate surface area is 176 Å². The Balaban J connectivity index is 2.99. The number of aliphatic hydroxyl groups excluding tert-OH is 2. The monoisotopic (exact) mass is 486 g/mol. The first-order valence-electron chi connectivity index (χ1n) is 9.30. The molecule has 0 saturated carbocycles. The van der Waals surface area contributed by atoms with E-state index in [1.807, 2.05) is 19.1 Å². The fourth-order valence-corrected chi connectivity index (χ4v) is 3.58. The van der Waals surface area contributed by atoms with E-state index >= 15 is 0 Å². The van der Waals surface area contributed by atoms with E-state index in [2.05, 4.69) is 42.2 Å². The van der Waals surface area contributed by atoms with Gasteiger partial charge in [-0.2, -0.15) is 0 Å². The Bertz CT molecular complexity index is 692. The van der Waals surface area contributed by atoms with Crippen molar-refractivity contribution >= 4 is 28.7 Å². The summed E-state index contributed by atoms with van der Waals surface area (Å²) in [7, 11) is 1.54. The molecular formula is C22H31IO4. The van der Waals surface area contributed by atoms with Gasteiger partial charge >= 0.3 is 0 Å². The number of phenols is 1. The lowest BCUT2D eigenvalue weighted by Gasteiger charge is -2.18. The summed E-state index contributed by atoms with van der Waals surface area (Å²) in [6, 6.07) is 3.74. The van der Waals surface area contributed by atoms with E-state index in [1.54, 1.807) is 6.08 Å². The molecular weight excluding hydrogens is 455 g/mol. The summed E-state index contributed by atoms with van der Waals surface area (Å²) in [5.74, 6) is 0.607. The Hall–Kier alpha value is -1.31. The second-order valence-corrected chi connectivity index (χ2v) is 7.62. The van der Waals surface area contributed by atoms with Crippen LogP contribution >= 0.6 is 22.6 Å². The van der Waals surface area contributed by atoms with Gasteiger partial charge in [0.2, 0.25) is 0 Å². The lowest BCUT2D eigenvalue weighted by atomic mass is 9.93. The Kier molecular flexibility index (Phi) is 10.7. The first-order valence-corrected chi connectivity index (χ1v) is 10.4. The molecule has 0 aliphatic rings. The van der Waals surface area contributed by atoms with E-state index in [0.717, 1.165) is 46.0 Å². The lowest BCUT2D eigenvalue weighted by molar-refractivity contribution is 0.200. The molecule has 3 N–H and O–H groups in total. The van der Waals surface area contributed by atoms with Crippen LogP contribution in [-0.2, 0) is 0 Å². The first-order chi connectivity index (χ1) is 12.9. The molecule has 27 heavy (non-hydrogen) atoms. The van der Waals surface area contributed by atoms with Gasteiger partial charge < -0.3 is 20.1 Å². The van der Waals surface area contributed by atoms with Crippen molar-refractivity contribution in [2.75, 3.05) is 13.7 Å². The molecule has 0 amide bonds. The van der Waals surface area contributed by atoms with Crippen LogP contribution in [0.15, 0.2) is 41.5 Å². The van der Waals surface area contributed by atoms with E-state index in [1.165, 1.54) is 12.7 Å². The Morgan fingerprint density at radius 3 is 2.56 bits per heavy atom. The van der Waals surface area contributed by atoms with Crippen LogP contribution in [0.25, 0.3) is 6.08 Å². The topological polar surface area (TPSA) is 69.9 Å². The first kappa shape index (κ1) is 23.7. The molecule has 0 heterocycles. The van der Waals surface area contributed by atoms with Crippen LogP contribution < -0.4 is 4.74 Å². The number of hydrogen-bond donors (Lipinski definition) is 3. The van der Waals surface area contributed by atoms with Gasteiger partial charge in [0.1, 0.15) is 0 Å². The van der Waals surface area contributed by atoms with E-state index in [0.29, 0.717) is 12.2 Å². The zero-order valence-corrected chi connectivity index (χ0v) is 18.6. The molecule has 1 rings (SSSR count). The molecule has 0 spiro atoms. The van der Waals surface area contributed by atoms with Crippen molar-refractivity contribution in [1.29, 1.82) is 0 Å². The van der Waals surface area contributed by atoms with Crippen LogP contribution in [0, 0.1) is 3.57 Å². The minimum absolute atomic E-state index is 0.102. The number of ether oxygens (including phenoxy) is 1. The number of phenolic OH excluding ortho intramolecular Hbond substituents is 1. The number of methoxy groups -OCH3 is 1. The average Bonchev–Trinajstić information content (AvgIpc) is 2.66. The Morgan fingerprint density at radius 1 is 1.30 bits per heavy atom. The van der Waals surface area contributed by atoms with Crippen LogP contribution in [0.3, 0.4) is 0 Å². The van der Waals surface area contributed by atoms with Gasteiger partial charge in [-0.3, -0.25) is 0 Å². The predicted octanol–water partition coefficient (Wildman–Crippen LogP) is 5.21. The molecule has 1 unspecified atom stereocenters. The average molecular weight is 486 g/mol. The maximum absolute atomic E-state index is 10.6. The molecule has 0 bridgehead atoms. The molecule has 1 aromatic carbocycles. The predicted molar refractivity (Wildman–Crippen MR) is 120 cm³/mol. The Morgan fingerprint density at radius 2 is 2.00 bits per heavy atom. The molecule has 0 aliphatic carbocycles. The number of halogens is 1. The quantitative estimate of drug-likeness (QED) is 0.297. The summed E-state index contributed by atoms with van der Waals surface area (Å²) in [6.45, 7) is 8.00. The van der Waals surface area contributed by atoms with Gasteiger partial charge in [-0.25, -0.2) is 0 Å². The SMILES string of the molecule is C=C(CC)/C(=C/CO)C(O)CC/C(=C/c1cc(I)c(O)c(OC)c1)CCC. The molecule has 0 aromatic heterocycles. The van der Waals surface area contributed by atoms with Crippen molar-refractivity contribution in [3.8, 4) is 11.5 Å².